The van der Waals surface area contributed by atoms with Crippen LogP contribution in [0.2, 0.25) is 0 Å². The van der Waals surface area contributed by atoms with Gasteiger partial charge in [-0.3, -0.25) is 20.0 Å². The standard InChI is InChI=1S/C38H60N2.C23H30N2.C9H10O4.Pd/c1-6-11-16-17-18-19-24-38(40-37-28-26-33(21-13-8-3)35(30-37)23-15-10-5)31-39-36-27-25-32(20-12-7-2)34(29-36)22-14-9-4;1-6-7-8-9-21(25-23-14-19(4)11-20(5)15-23)16-24-22-12-17(2)10-18(3)13-22;1-4-3-6(10)8(11)7(5(4)2)9(12)13;/h25-31H,6-24H2,1-5H3;10-16H,6-9H2,1-5H3;3,10-11H,1-2H3,(H,12,13);. The molecule has 0 fully saturated rings. The van der Waals surface area contributed by atoms with E-state index in [9.17, 15) is 9.90 Å². The van der Waals surface area contributed by atoms with E-state index in [2.05, 4.69) is 148 Å². The van der Waals surface area contributed by atoms with Gasteiger partial charge in [0.25, 0.3) is 0 Å². The first-order chi connectivity index (χ1) is 37.5. The fourth-order valence-corrected chi connectivity index (χ4v) is 9.55. The third-order valence-electron chi connectivity index (χ3n) is 14.1. The second-order valence-corrected chi connectivity index (χ2v) is 21.6. The molecule has 0 radical (unpaired) electrons. The number of phenols is 2. The van der Waals surface area contributed by atoms with Crippen LogP contribution in [0.1, 0.15) is 230 Å². The van der Waals surface area contributed by atoms with E-state index >= 15 is 0 Å². The van der Waals surface area contributed by atoms with Crippen molar-refractivity contribution in [1.29, 1.82) is 0 Å². The van der Waals surface area contributed by atoms with Crippen molar-refractivity contribution >= 4 is 52.6 Å². The van der Waals surface area contributed by atoms with E-state index in [1.807, 2.05) is 6.21 Å². The molecule has 0 heterocycles. The zero-order valence-electron chi connectivity index (χ0n) is 50.8. The maximum absolute atomic E-state index is 10.7. The molecule has 8 nitrogen and oxygen atoms in total. The molecule has 79 heavy (non-hydrogen) atoms. The molecule has 0 amide bonds. The second-order valence-electron chi connectivity index (χ2n) is 21.6. The molecule has 0 aliphatic heterocycles. The third kappa shape index (κ3) is 27.0. The monoisotopic (exact) mass is 1170 g/mol. The number of phenolic OH excluding ortho intramolecular Hbond substituents is 1. The summed E-state index contributed by atoms with van der Waals surface area (Å²) in [5.41, 5.74) is 18.2. The van der Waals surface area contributed by atoms with Crippen molar-refractivity contribution in [3.63, 3.8) is 0 Å². The quantitative estimate of drug-likeness (QED) is 0.0183. The van der Waals surface area contributed by atoms with E-state index in [-0.39, 0.29) is 26.0 Å². The predicted molar refractivity (Wildman–Crippen MR) is 338 cm³/mol. The van der Waals surface area contributed by atoms with E-state index in [0.29, 0.717) is 11.1 Å². The van der Waals surface area contributed by atoms with Gasteiger partial charge in [0.15, 0.2) is 11.5 Å². The Bertz CT molecular complexity index is 2650. The molecule has 0 bridgehead atoms. The van der Waals surface area contributed by atoms with Gasteiger partial charge < -0.3 is 15.3 Å². The molecule has 0 aliphatic rings. The smallest absolute Gasteiger partial charge is 0.339 e. The van der Waals surface area contributed by atoms with Gasteiger partial charge in [-0.15, -0.1) is 0 Å². The van der Waals surface area contributed by atoms with Gasteiger partial charge in [0.05, 0.1) is 34.2 Å². The summed E-state index contributed by atoms with van der Waals surface area (Å²) in [5, 5.41) is 27.1. The van der Waals surface area contributed by atoms with E-state index in [0.717, 1.165) is 66.3 Å². The SMILES string of the molecule is CCCCCC(C=Nc1cc(C)cc(C)c1)=Nc1cc(C)cc(C)c1.CCCCCCCCC(C=Nc1ccc(CCCC)c(CCCC)c1)=Nc1ccc(CCCC)c(CCCC)c1.Cc1cc(O)c(O)c(C(=O)O)c1C.[Pd]. The Morgan fingerprint density at radius 2 is 0.810 bits per heavy atom. The summed E-state index contributed by atoms with van der Waals surface area (Å²) in [7, 11) is 0. The summed E-state index contributed by atoms with van der Waals surface area (Å²) >= 11 is 0. The van der Waals surface area contributed by atoms with E-state index in [1.165, 1.54) is 166 Å². The van der Waals surface area contributed by atoms with Gasteiger partial charge in [0.1, 0.15) is 5.56 Å². The summed E-state index contributed by atoms with van der Waals surface area (Å²) < 4.78 is 0. The number of hydrogen-bond donors (Lipinski definition) is 3. The largest absolute Gasteiger partial charge is 0.504 e. The molecular weight excluding hydrogens is 1070 g/mol. The molecule has 0 atom stereocenters. The topological polar surface area (TPSA) is 127 Å². The molecule has 0 saturated heterocycles. The van der Waals surface area contributed by atoms with Crippen LogP contribution in [0, 0.1) is 41.5 Å². The molecule has 0 spiro atoms. The summed E-state index contributed by atoms with van der Waals surface area (Å²) in [5.74, 6) is -2.22. The first kappa shape index (κ1) is 69.6. The van der Waals surface area contributed by atoms with E-state index < -0.39 is 17.5 Å². The molecule has 9 heteroatoms. The van der Waals surface area contributed by atoms with Crippen molar-refractivity contribution in [2.24, 2.45) is 20.0 Å². The van der Waals surface area contributed by atoms with Crippen molar-refractivity contribution in [1.82, 2.24) is 0 Å². The molecule has 434 valence electrons. The number of unbranched alkanes of at least 4 members (excludes halogenated alkanes) is 11. The first-order valence-electron chi connectivity index (χ1n) is 29.9. The number of benzene rings is 5. The number of carboxylic acids is 1. The van der Waals surface area contributed by atoms with E-state index in [1.54, 1.807) is 13.8 Å². The number of aromatic carboxylic acids is 1. The van der Waals surface area contributed by atoms with Crippen LogP contribution >= 0.6 is 0 Å². The molecule has 5 aromatic rings. The van der Waals surface area contributed by atoms with Crippen LogP contribution in [-0.2, 0) is 46.1 Å². The van der Waals surface area contributed by atoms with Crippen molar-refractivity contribution in [2.75, 3.05) is 0 Å². The van der Waals surface area contributed by atoms with Gasteiger partial charge in [-0.25, -0.2) is 4.79 Å². The molecule has 0 aliphatic carbocycles. The van der Waals surface area contributed by atoms with Gasteiger partial charge in [-0.1, -0.05) is 136 Å². The van der Waals surface area contributed by atoms with Crippen LogP contribution in [0.15, 0.2) is 98.8 Å². The molecule has 0 saturated carbocycles. The Morgan fingerprint density at radius 1 is 0.430 bits per heavy atom. The zero-order valence-corrected chi connectivity index (χ0v) is 52.3. The van der Waals surface area contributed by atoms with Crippen molar-refractivity contribution in [2.45, 2.75) is 231 Å². The summed E-state index contributed by atoms with van der Waals surface area (Å²) in [6, 6.07) is 28.0. The van der Waals surface area contributed by atoms with Gasteiger partial charge in [0, 0.05) is 32.9 Å². The van der Waals surface area contributed by atoms with Crippen molar-refractivity contribution in [3.05, 3.63) is 140 Å². The summed E-state index contributed by atoms with van der Waals surface area (Å²) in [6.45, 7) is 25.3. The fourth-order valence-electron chi connectivity index (χ4n) is 9.55. The number of aryl methyl sites for hydroxylation is 9. The Kier molecular flexibility index (Phi) is 35.1. The number of rotatable bonds is 30. The Morgan fingerprint density at radius 3 is 1.29 bits per heavy atom. The fraction of sp³-hybridized carbons (Fsp3) is 0.500. The molecule has 3 N–H and O–H groups in total. The van der Waals surface area contributed by atoms with Gasteiger partial charge >= 0.3 is 5.97 Å². The minimum Gasteiger partial charge on any atom is -0.504 e. The second kappa shape index (κ2) is 39.8. The maximum Gasteiger partial charge on any atom is 0.339 e. The van der Waals surface area contributed by atoms with Crippen LogP contribution < -0.4 is 0 Å². The number of aromatic hydroxyl groups is 2. The molecule has 0 aromatic heterocycles. The normalized spacial score (nSPS) is 11.6. The van der Waals surface area contributed by atoms with Crippen LogP contribution in [0.4, 0.5) is 22.7 Å². The molecule has 5 rings (SSSR count). The Hall–Kier alpha value is -5.49. The van der Waals surface area contributed by atoms with Crippen molar-refractivity contribution < 1.29 is 40.5 Å². The number of aliphatic imine (C=N–C) groups is 4. The molecular formula is C70H100N4O4Pd. The zero-order chi connectivity index (χ0) is 57.2. The van der Waals surface area contributed by atoms with E-state index in [4.69, 9.17) is 30.2 Å². The summed E-state index contributed by atoms with van der Waals surface area (Å²) in [4.78, 5) is 30.4. The van der Waals surface area contributed by atoms with Crippen LogP contribution in [-0.4, -0.2) is 45.1 Å². The average Bonchev–Trinajstić information content (AvgIpc) is 3.42. The average molecular weight is 1170 g/mol. The molecule has 0 unspecified atom stereocenters. The maximum atomic E-state index is 10.7. The number of hydrogen-bond acceptors (Lipinski definition) is 7. The van der Waals surface area contributed by atoms with Crippen molar-refractivity contribution in [3.8, 4) is 11.5 Å². The number of nitrogens with zero attached hydrogens (tertiary/aromatic N) is 4. The minimum absolute atomic E-state index is 0. The third-order valence-corrected chi connectivity index (χ3v) is 14.1. The van der Waals surface area contributed by atoms with Gasteiger partial charge in [0.2, 0.25) is 0 Å². The number of carbonyl (C=O) groups is 1. The van der Waals surface area contributed by atoms with Crippen LogP contribution in [0.25, 0.3) is 0 Å². The van der Waals surface area contributed by atoms with Gasteiger partial charge in [-0.05, 0) is 229 Å². The van der Waals surface area contributed by atoms with Gasteiger partial charge in [-0.2, -0.15) is 0 Å². The Labute approximate surface area is 492 Å². The van der Waals surface area contributed by atoms with Crippen LogP contribution in [0.5, 0.6) is 11.5 Å². The minimum atomic E-state index is -1.24. The predicted octanol–water partition coefficient (Wildman–Crippen LogP) is 20.7. The number of carboxylic acid groups (broad SMARTS) is 1. The molecule has 5 aromatic carbocycles. The summed E-state index contributed by atoms with van der Waals surface area (Å²) in [6.07, 6.45) is 32.0. The van der Waals surface area contributed by atoms with Crippen LogP contribution in [0.3, 0.4) is 0 Å². The first-order valence-corrected chi connectivity index (χ1v) is 29.9. The Balaban J connectivity index is 0.000000461.